The summed E-state index contributed by atoms with van der Waals surface area (Å²) in [5.74, 6) is 0.0219. The van der Waals surface area contributed by atoms with Gasteiger partial charge in [-0.15, -0.1) is 0 Å². The molecule has 190 valence electrons. The zero-order valence-electron chi connectivity index (χ0n) is 19.6. The van der Waals surface area contributed by atoms with Gasteiger partial charge in [0.05, 0.1) is 10.5 Å². The van der Waals surface area contributed by atoms with Gasteiger partial charge in [-0.05, 0) is 53.4 Å². The molecular weight excluding hydrogens is 501 g/mol. The molecule has 1 heterocycles. The second-order valence-corrected chi connectivity index (χ2v) is 10.1. The van der Waals surface area contributed by atoms with E-state index in [1.165, 1.54) is 12.1 Å². The Kier molecular flexibility index (Phi) is 7.73. The molecule has 0 radical (unpaired) electrons. The van der Waals surface area contributed by atoms with Gasteiger partial charge >= 0.3 is 6.18 Å². The van der Waals surface area contributed by atoms with Crippen LogP contribution < -0.4 is 4.72 Å². The van der Waals surface area contributed by atoms with Crippen molar-refractivity contribution in [2.45, 2.75) is 30.3 Å². The van der Waals surface area contributed by atoms with E-state index in [9.17, 15) is 26.4 Å². The number of aromatic nitrogens is 1. The van der Waals surface area contributed by atoms with E-state index in [4.69, 9.17) is 0 Å². The molecule has 5 nitrogen and oxygen atoms in total. The lowest BCUT2D eigenvalue weighted by Crippen LogP contribution is -2.16. The number of halogens is 3. The van der Waals surface area contributed by atoms with Crippen molar-refractivity contribution >= 4 is 21.5 Å². The minimum Gasteiger partial charge on any atom is -0.299 e. The number of aryl methyl sites for hydroxylation is 1. The van der Waals surface area contributed by atoms with Crippen molar-refractivity contribution in [3.8, 4) is 11.1 Å². The van der Waals surface area contributed by atoms with Gasteiger partial charge in [0.15, 0.2) is 0 Å². The Labute approximate surface area is 213 Å². The van der Waals surface area contributed by atoms with Gasteiger partial charge < -0.3 is 0 Å². The number of Topliss-reactive ketones (excluding diaryl/α,β-unsaturated/α-hetero) is 1. The molecule has 0 atom stereocenters. The lowest BCUT2D eigenvalue weighted by molar-refractivity contribution is -0.137. The van der Waals surface area contributed by atoms with Gasteiger partial charge in [-0.25, -0.2) is 8.42 Å². The molecule has 37 heavy (non-hydrogen) atoms. The van der Waals surface area contributed by atoms with E-state index in [1.807, 2.05) is 12.1 Å². The number of benzene rings is 3. The van der Waals surface area contributed by atoms with Gasteiger partial charge in [0.2, 0.25) is 0 Å². The van der Waals surface area contributed by atoms with Crippen LogP contribution in [0.5, 0.6) is 0 Å². The van der Waals surface area contributed by atoms with Gasteiger partial charge in [0.1, 0.15) is 5.78 Å². The molecule has 0 aliphatic heterocycles. The van der Waals surface area contributed by atoms with Gasteiger partial charge in [-0.1, -0.05) is 54.6 Å². The Morgan fingerprint density at radius 3 is 2.24 bits per heavy atom. The smallest absolute Gasteiger partial charge is 0.299 e. The number of hydrogen-bond acceptors (Lipinski definition) is 4. The van der Waals surface area contributed by atoms with E-state index in [0.717, 1.165) is 17.7 Å². The van der Waals surface area contributed by atoms with Gasteiger partial charge in [0.25, 0.3) is 10.0 Å². The highest BCUT2D eigenvalue weighted by Gasteiger charge is 2.33. The molecule has 1 aromatic heterocycles. The Morgan fingerprint density at radius 1 is 0.865 bits per heavy atom. The van der Waals surface area contributed by atoms with Crippen LogP contribution in [0.25, 0.3) is 11.1 Å². The number of ketones is 1. The summed E-state index contributed by atoms with van der Waals surface area (Å²) >= 11 is 0. The fourth-order valence-electron chi connectivity index (χ4n) is 3.82. The monoisotopic (exact) mass is 524 g/mol. The third-order valence-electron chi connectivity index (χ3n) is 5.71. The zero-order valence-corrected chi connectivity index (χ0v) is 20.4. The number of rotatable bonds is 9. The Bertz CT molecular complexity index is 1470. The van der Waals surface area contributed by atoms with Gasteiger partial charge in [0, 0.05) is 36.5 Å². The molecule has 0 fully saturated rings. The molecule has 0 saturated heterocycles. The first-order valence-corrected chi connectivity index (χ1v) is 12.9. The van der Waals surface area contributed by atoms with E-state index in [-0.39, 0.29) is 23.5 Å². The molecule has 3 aromatic carbocycles. The predicted molar refractivity (Wildman–Crippen MR) is 135 cm³/mol. The van der Waals surface area contributed by atoms with Crippen LogP contribution in [-0.2, 0) is 33.8 Å². The number of nitrogens with one attached hydrogen (secondary N) is 1. The summed E-state index contributed by atoms with van der Waals surface area (Å²) in [6.07, 6.45) is -0.231. The third-order valence-corrected chi connectivity index (χ3v) is 7.13. The molecule has 4 rings (SSSR count). The predicted octanol–water partition coefficient (Wildman–Crippen LogP) is 6.31. The highest BCUT2D eigenvalue weighted by molar-refractivity contribution is 7.92. The molecule has 0 saturated carbocycles. The van der Waals surface area contributed by atoms with Crippen LogP contribution >= 0.6 is 0 Å². The maximum Gasteiger partial charge on any atom is 0.416 e. The van der Waals surface area contributed by atoms with Crippen LogP contribution in [0.1, 0.15) is 23.1 Å². The summed E-state index contributed by atoms with van der Waals surface area (Å²) in [6, 6.07) is 20.9. The zero-order chi connectivity index (χ0) is 26.5. The normalized spacial score (nSPS) is 11.8. The number of carbonyl (C=O) groups is 1. The molecule has 9 heteroatoms. The van der Waals surface area contributed by atoms with Crippen molar-refractivity contribution in [1.29, 1.82) is 0 Å². The first-order chi connectivity index (χ1) is 17.6. The molecular formula is C28H23F3N2O3S. The minimum absolute atomic E-state index is 0.0219. The number of nitrogens with zero attached hydrogens (tertiary/aromatic N) is 1. The first-order valence-electron chi connectivity index (χ1n) is 11.4. The van der Waals surface area contributed by atoms with Crippen molar-refractivity contribution in [2.75, 3.05) is 4.72 Å². The summed E-state index contributed by atoms with van der Waals surface area (Å²) in [5.41, 5.74) is 1.39. The fraction of sp³-hybridized carbons (Fsp3) is 0.143. The standard InChI is InChI=1S/C28H23F3N2O3S/c29-28(30,31)23-11-15-26(22-6-2-1-3-7-22)27(18-23)37(35,36)33-24-12-8-20(9-13-24)17-25(34)14-10-21-5-4-16-32-19-21/h1-9,11-13,15-16,18-19,33H,10,14,17H2. The number of carbonyl (C=O) groups excluding carboxylic acids is 1. The number of pyridine rings is 1. The van der Waals surface area contributed by atoms with E-state index < -0.39 is 26.7 Å². The molecule has 0 amide bonds. The van der Waals surface area contributed by atoms with Crippen molar-refractivity contribution < 1.29 is 26.4 Å². The lowest BCUT2D eigenvalue weighted by atomic mass is 10.0. The molecule has 0 spiro atoms. The molecule has 1 N–H and O–H groups in total. The first kappa shape index (κ1) is 26.1. The Morgan fingerprint density at radius 2 is 1.59 bits per heavy atom. The number of sulfonamides is 1. The second-order valence-electron chi connectivity index (χ2n) is 8.45. The molecule has 0 aliphatic carbocycles. The van der Waals surface area contributed by atoms with Crippen LogP contribution in [0.3, 0.4) is 0 Å². The number of hydrogen-bond donors (Lipinski definition) is 1. The van der Waals surface area contributed by atoms with Crippen molar-refractivity contribution in [3.63, 3.8) is 0 Å². The number of alkyl halides is 3. The largest absolute Gasteiger partial charge is 0.416 e. The van der Waals surface area contributed by atoms with Crippen LogP contribution in [0, 0.1) is 0 Å². The molecule has 0 aliphatic rings. The van der Waals surface area contributed by atoms with Gasteiger partial charge in [-0.3, -0.25) is 14.5 Å². The summed E-state index contributed by atoms with van der Waals surface area (Å²) in [6.45, 7) is 0. The van der Waals surface area contributed by atoms with Crippen molar-refractivity contribution in [1.82, 2.24) is 4.98 Å². The lowest BCUT2D eigenvalue weighted by Gasteiger charge is -2.16. The minimum atomic E-state index is -4.70. The summed E-state index contributed by atoms with van der Waals surface area (Å²) < 4.78 is 68.9. The van der Waals surface area contributed by atoms with E-state index in [1.54, 1.807) is 54.9 Å². The average molecular weight is 525 g/mol. The summed E-state index contributed by atoms with van der Waals surface area (Å²) in [7, 11) is -4.37. The number of anilines is 1. The van der Waals surface area contributed by atoms with Crippen LogP contribution in [0.2, 0.25) is 0 Å². The SMILES string of the molecule is O=C(CCc1cccnc1)Cc1ccc(NS(=O)(=O)c2cc(C(F)(F)F)ccc2-c2ccccc2)cc1. The van der Waals surface area contributed by atoms with Crippen molar-refractivity contribution in [2.24, 2.45) is 0 Å². The fourth-order valence-corrected chi connectivity index (χ4v) is 5.14. The molecule has 4 aromatic rings. The second kappa shape index (κ2) is 11.0. The molecule has 0 unspecified atom stereocenters. The topological polar surface area (TPSA) is 76.1 Å². The Balaban J connectivity index is 1.51. The van der Waals surface area contributed by atoms with E-state index in [0.29, 0.717) is 30.0 Å². The van der Waals surface area contributed by atoms with Crippen LogP contribution in [0.15, 0.2) is 102 Å². The van der Waals surface area contributed by atoms with Crippen LogP contribution in [-0.4, -0.2) is 19.2 Å². The van der Waals surface area contributed by atoms with Crippen LogP contribution in [0.4, 0.5) is 18.9 Å². The quantitative estimate of drug-likeness (QED) is 0.278. The highest BCUT2D eigenvalue weighted by atomic mass is 32.2. The van der Waals surface area contributed by atoms with E-state index in [2.05, 4.69) is 9.71 Å². The van der Waals surface area contributed by atoms with Crippen molar-refractivity contribution in [3.05, 3.63) is 114 Å². The van der Waals surface area contributed by atoms with E-state index >= 15 is 0 Å². The maximum absolute atomic E-state index is 13.4. The summed E-state index contributed by atoms with van der Waals surface area (Å²) in [4.78, 5) is 15.9. The summed E-state index contributed by atoms with van der Waals surface area (Å²) in [5, 5.41) is 0. The third kappa shape index (κ3) is 6.83. The maximum atomic E-state index is 13.4. The molecule has 0 bridgehead atoms. The highest BCUT2D eigenvalue weighted by Crippen LogP contribution is 2.36. The average Bonchev–Trinajstić information content (AvgIpc) is 2.89. The van der Waals surface area contributed by atoms with Gasteiger partial charge in [-0.2, -0.15) is 13.2 Å². The Hall–Kier alpha value is -3.98.